The summed E-state index contributed by atoms with van der Waals surface area (Å²) >= 11 is 6.11. The molecule has 172 valence electrons. The summed E-state index contributed by atoms with van der Waals surface area (Å²) in [5.74, 6) is 0.661. The van der Waals surface area contributed by atoms with Crippen LogP contribution in [-0.4, -0.2) is 53.4 Å². The quantitative estimate of drug-likeness (QED) is 0.551. The molecule has 0 bridgehead atoms. The molecule has 33 heavy (non-hydrogen) atoms. The SMILES string of the molecule is CCOc1ccc(-c2ccc(=O)n(C(C)C(=O)N3CCN(c4cccc(Cl)c4)CC3)n2)cc1. The number of ether oxygens (including phenoxy) is 1. The summed E-state index contributed by atoms with van der Waals surface area (Å²) in [6.07, 6.45) is 0. The Labute approximate surface area is 198 Å². The van der Waals surface area contributed by atoms with Crippen molar-refractivity contribution in [2.24, 2.45) is 0 Å². The Hall–Kier alpha value is -3.32. The molecule has 3 aromatic rings. The monoisotopic (exact) mass is 466 g/mol. The van der Waals surface area contributed by atoms with Crippen LogP contribution in [0.3, 0.4) is 0 Å². The number of carbonyl (C=O) groups excluding carboxylic acids is 1. The van der Waals surface area contributed by atoms with Gasteiger partial charge in [-0.2, -0.15) is 5.10 Å². The molecule has 1 unspecified atom stereocenters. The molecule has 2 aromatic carbocycles. The van der Waals surface area contributed by atoms with E-state index in [0.717, 1.165) is 17.0 Å². The lowest BCUT2D eigenvalue weighted by Gasteiger charge is -2.37. The maximum atomic E-state index is 13.2. The zero-order chi connectivity index (χ0) is 23.4. The number of hydrogen-bond donors (Lipinski definition) is 0. The molecule has 1 fully saturated rings. The molecular formula is C25H27ClN4O3. The van der Waals surface area contributed by atoms with Crippen LogP contribution >= 0.6 is 11.6 Å². The maximum absolute atomic E-state index is 13.2. The fourth-order valence-electron chi connectivity index (χ4n) is 3.97. The van der Waals surface area contributed by atoms with Crippen molar-refractivity contribution in [2.75, 3.05) is 37.7 Å². The van der Waals surface area contributed by atoms with Gasteiger partial charge in [0.15, 0.2) is 0 Å². The highest BCUT2D eigenvalue weighted by Crippen LogP contribution is 2.23. The van der Waals surface area contributed by atoms with E-state index >= 15 is 0 Å². The Bertz CT molecular complexity index is 1170. The Balaban J connectivity index is 1.46. The van der Waals surface area contributed by atoms with E-state index in [1.165, 1.54) is 10.7 Å². The minimum atomic E-state index is -0.696. The lowest BCUT2D eigenvalue weighted by atomic mass is 10.1. The van der Waals surface area contributed by atoms with Crippen molar-refractivity contribution in [1.29, 1.82) is 0 Å². The fraction of sp³-hybridized carbons (Fsp3) is 0.320. The van der Waals surface area contributed by atoms with Gasteiger partial charge >= 0.3 is 0 Å². The molecule has 0 N–H and O–H groups in total. The normalized spacial score (nSPS) is 14.8. The molecule has 8 heteroatoms. The van der Waals surface area contributed by atoms with E-state index in [1.54, 1.807) is 17.9 Å². The highest BCUT2D eigenvalue weighted by atomic mass is 35.5. The van der Waals surface area contributed by atoms with E-state index < -0.39 is 6.04 Å². The molecule has 4 rings (SSSR count). The lowest BCUT2D eigenvalue weighted by Crippen LogP contribution is -2.51. The van der Waals surface area contributed by atoms with Crippen molar-refractivity contribution in [3.8, 4) is 17.0 Å². The molecule has 0 radical (unpaired) electrons. The van der Waals surface area contributed by atoms with Crippen LogP contribution < -0.4 is 15.2 Å². The molecule has 1 aromatic heterocycles. The maximum Gasteiger partial charge on any atom is 0.267 e. The fourth-order valence-corrected chi connectivity index (χ4v) is 4.16. The smallest absolute Gasteiger partial charge is 0.267 e. The van der Waals surface area contributed by atoms with Crippen LogP contribution in [0.2, 0.25) is 5.02 Å². The first kappa shape index (κ1) is 22.9. The molecule has 1 aliphatic heterocycles. The van der Waals surface area contributed by atoms with Gasteiger partial charge in [-0.3, -0.25) is 9.59 Å². The van der Waals surface area contributed by atoms with E-state index in [-0.39, 0.29) is 11.5 Å². The Morgan fingerprint density at radius 1 is 1.06 bits per heavy atom. The van der Waals surface area contributed by atoms with Gasteiger partial charge in [-0.15, -0.1) is 0 Å². The van der Waals surface area contributed by atoms with Crippen LogP contribution in [-0.2, 0) is 4.79 Å². The Kier molecular flexibility index (Phi) is 6.99. The standard InChI is InChI=1S/C25H27ClN4O3/c1-3-33-22-9-7-19(8-10-22)23-11-12-24(31)30(27-23)18(2)25(32)29-15-13-28(14-16-29)21-6-4-5-20(26)17-21/h4-12,17-18H,3,13-16H2,1-2H3. The third kappa shape index (κ3) is 5.20. The molecule has 0 spiro atoms. The van der Waals surface area contributed by atoms with Gasteiger partial charge in [-0.25, -0.2) is 4.68 Å². The second-order valence-electron chi connectivity index (χ2n) is 7.93. The number of amides is 1. The van der Waals surface area contributed by atoms with Gasteiger partial charge in [0.25, 0.3) is 5.56 Å². The van der Waals surface area contributed by atoms with Crippen molar-refractivity contribution >= 4 is 23.2 Å². The average molecular weight is 467 g/mol. The molecule has 2 heterocycles. The number of aromatic nitrogens is 2. The topological polar surface area (TPSA) is 67.7 Å². The summed E-state index contributed by atoms with van der Waals surface area (Å²) in [7, 11) is 0. The predicted octanol–water partition coefficient (Wildman–Crippen LogP) is 3.87. The number of piperazine rings is 1. The van der Waals surface area contributed by atoms with E-state index in [1.807, 2.05) is 55.5 Å². The minimum absolute atomic E-state index is 0.112. The van der Waals surface area contributed by atoms with E-state index in [2.05, 4.69) is 10.00 Å². The predicted molar refractivity (Wildman–Crippen MR) is 130 cm³/mol. The zero-order valence-corrected chi connectivity index (χ0v) is 19.5. The Morgan fingerprint density at radius 2 is 1.79 bits per heavy atom. The number of benzene rings is 2. The van der Waals surface area contributed by atoms with Crippen molar-refractivity contribution in [3.05, 3.63) is 76.0 Å². The first-order chi connectivity index (χ1) is 16.0. The highest BCUT2D eigenvalue weighted by molar-refractivity contribution is 6.30. The van der Waals surface area contributed by atoms with Gasteiger partial charge in [0, 0.05) is 48.5 Å². The molecule has 7 nitrogen and oxygen atoms in total. The summed E-state index contributed by atoms with van der Waals surface area (Å²) in [5.41, 5.74) is 2.22. The number of nitrogens with zero attached hydrogens (tertiary/aromatic N) is 4. The number of halogens is 1. The number of anilines is 1. The first-order valence-electron chi connectivity index (χ1n) is 11.1. The van der Waals surface area contributed by atoms with Crippen LogP contribution in [0.15, 0.2) is 65.5 Å². The van der Waals surface area contributed by atoms with Crippen LogP contribution in [0.1, 0.15) is 19.9 Å². The summed E-state index contributed by atoms with van der Waals surface area (Å²) in [6, 6.07) is 17.7. The highest BCUT2D eigenvalue weighted by Gasteiger charge is 2.27. The Morgan fingerprint density at radius 3 is 2.45 bits per heavy atom. The summed E-state index contributed by atoms with van der Waals surface area (Å²) in [5, 5.41) is 5.19. The van der Waals surface area contributed by atoms with E-state index in [4.69, 9.17) is 16.3 Å². The van der Waals surface area contributed by atoms with E-state index in [9.17, 15) is 9.59 Å². The summed E-state index contributed by atoms with van der Waals surface area (Å²) in [6.45, 7) is 6.80. The third-order valence-corrected chi connectivity index (χ3v) is 6.01. The van der Waals surface area contributed by atoms with Crippen LogP contribution in [0.25, 0.3) is 11.3 Å². The summed E-state index contributed by atoms with van der Waals surface area (Å²) < 4.78 is 6.76. The lowest BCUT2D eigenvalue weighted by molar-refractivity contribution is -0.135. The van der Waals surface area contributed by atoms with Crippen LogP contribution in [0, 0.1) is 0 Å². The first-order valence-corrected chi connectivity index (χ1v) is 11.5. The molecule has 0 saturated carbocycles. The number of rotatable bonds is 6. The zero-order valence-electron chi connectivity index (χ0n) is 18.8. The van der Waals surface area contributed by atoms with Crippen molar-refractivity contribution in [3.63, 3.8) is 0 Å². The number of carbonyl (C=O) groups is 1. The van der Waals surface area contributed by atoms with Gasteiger partial charge in [0.05, 0.1) is 12.3 Å². The number of hydrogen-bond acceptors (Lipinski definition) is 5. The van der Waals surface area contributed by atoms with Gasteiger partial charge in [0.2, 0.25) is 5.91 Å². The molecule has 0 aliphatic carbocycles. The van der Waals surface area contributed by atoms with Gasteiger partial charge in [-0.1, -0.05) is 17.7 Å². The second kappa shape index (κ2) is 10.1. The average Bonchev–Trinajstić information content (AvgIpc) is 2.84. The largest absolute Gasteiger partial charge is 0.494 e. The molecule has 1 aliphatic rings. The van der Waals surface area contributed by atoms with Crippen molar-refractivity contribution < 1.29 is 9.53 Å². The third-order valence-electron chi connectivity index (χ3n) is 5.78. The molecule has 1 saturated heterocycles. The molecule has 1 atom stereocenters. The van der Waals surface area contributed by atoms with Crippen LogP contribution in [0.5, 0.6) is 5.75 Å². The minimum Gasteiger partial charge on any atom is -0.494 e. The second-order valence-corrected chi connectivity index (χ2v) is 8.36. The van der Waals surface area contributed by atoms with Gasteiger partial charge in [0.1, 0.15) is 11.8 Å². The summed E-state index contributed by atoms with van der Waals surface area (Å²) in [4.78, 5) is 29.7. The van der Waals surface area contributed by atoms with E-state index in [0.29, 0.717) is 43.5 Å². The van der Waals surface area contributed by atoms with Crippen molar-refractivity contribution in [1.82, 2.24) is 14.7 Å². The van der Waals surface area contributed by atoms with Gasteiger partial charge in [-0.05, 0) is 62.4 Å². The molecule has 1 amide bonds. The van der Waals surface area contributed by atoms with Crippen molar-refractivity contribution in [2.45, 2.75) is 19.9 Å². The van der Waals surface area contributed by atoms with Crippen LogP contribution in [0.4, 0.5) is 5.69 Å². The van der Waals surface area contributed by atoms with Gasteiger partial charge < -0.3 is 14.5 Å². The molecular weight excluding hydrogens is 440 g/mol.